The molecule has 0 radical (unpaired) electrons. The van der Waals surface area contributed by atoms with Gasteiger partial charge in [-0.15, -0.1) is 0 Å². The van der Waals surface area contributed by atoms with Crippen LogP contribution < -0.4 is 10.6 Å². The van der Waals surface area contributed by atoms with Crippen molar-refractivity contribution in [1.29, 1.82) is 0 Å². The third-order valence-electron chi connectivity index (χ3n) is 3.45. The molecule has 0 aromatic heterocycles. The molecule has 0 aliphatic carbocycles. The zero-order valence-electron chi connectivity index (χ0n) is 11.3. The Morgan fingerprint density at radius 2 is 2.06 bits per heavy atom. The van der Waals surface area contributed by atoms with Crippen molar-refractivity contribution in [2.24, 2.45) is 5.41 Å². The molecule has 0 bridgehead atoms. The molecule has 2 rings (SSSR count). The summed E-state index contributed by atoms with van der Waals surface area (Å²) in [6.45, 7) is 9.26. The van der Waals surface area contributed by atoms with Gasteiger partial charge in [-0.1, -0.05) is 20.8 Å². The fourth-order valence-corrected chi connectivity index (χ4v) is 2.52. The van der Waals surface area contributed by atoms with Crippen molar-refractivity contribution in [2.75, 3.05) is 23.7 Å². The second-order valence-electron chi connectivity index (χ2n) is 6.29. The third kappa shape index (κ3) is 3.15. The predicted molar refractivity (Wildman–Crippen MR) is 75.5 cm³/mol. The van der Waals surface area contributed by atoms with Gasteiger partial charge in [0.15, 0.2) is 0 Å². The number of hydrogen-bond acceptors (Lipinski definition) is 2. The Bertz CT molecular complexity index is 390. The van der Waals surface area contributed by atoms with E-state index in [1.54, 1.807) is 0 Å². The second-order valence-corrected chi connectivity index (χ2v) is 6.29. The van der Waals surface area contributed by atoms with Crippen LogP contribution in [0.5, 0.6) is 0 Å². The number of nitrogen functional groups attached to an aromatic ring is 1. The number of nitrogens with zero attached hydrogens (tertiary/aromatic N) is 1. The van der Waals surface area contributed by atoms with Gasteiger partial charge < -0.3 is 10.6 Å². The van der Waals surface area contributed by atoms with Crippen LogP contribution in [0.1, 0.15) is 39.2 Å². The van der Waals surface area contributed by atoms with Gasteiger partial charge >= 0.3 is 0 Å². The van der Waals surface area contributed by atoms with E-state index in [1.165, 1.54) is 30.6 Å². The van der Waals surface area contributed by atoms with E-state index >= 15 is 0 Å². The minimum absolute atomic E-state index is 0.448. The van der Waals surface area contributed by atoms with Crippen LogP contribution in [0.4, 0.5) is 11.4 Å². The van der Waals surface area contributed by atoms with Gasteiger partial charge in [-0.2, -0.15) is 0 Å². The summed E-state index contributed by atoms with van der Waals surface area (Å²) in [6.07, 6.45) is 3.71. The second kappa shape index (κ2) is 4.59. The minimum atomic E-state index is 0.448. The molecule has 0 fully saturated rings. The van der Waals surface area contributed by atoms with Crippen molar-refractivity contribution in [3.8, 4) is 0 Å². The van der Waals surface area contributed by atoms with Crippen LogP contribution in [-0.2, 0) is 6.42 Å². The highest BCUT2D eigenvalue weighted by Crippen LogP contribution is 2.30. The van der Waals surface area contributed by atoms with Gasteiger partial charge in [-0.05, 0) is 48.4 Å². The van der Waals surface area contributed by atoms with Gasteiger partial charge in [0.25, 0.3) is 0 Å². The van der Waals surface area contributed by atoms with Crippen LogP contribution in [0.15, 0.2) is 18.2 Å². The molecule has 0 saturated carbocycles. The highest BCUT2D eigenvalue weighted by atomic mass is 15.1. The lowest BCUT2D eigenvalue weighted by molar-refractivity contribution is 0.366. The Kier molecular flexibility index (Phi) is 3.32. The van der Waals surface area contributed by atoms with E-state index < -0.39 is 0 Å². The molecule has 1 aliphatic heterocycles. The van der Waals surface area contributed by atoms with E-state index in [0.717, 1.165) is 18.7 Å². The molecule has 0 saturated heterocycles. The van der Waals surface area contributed by atoms with Crippen molar-refractivity contribution < 1.29 is 0 Å². The van der Waals surface area contributed by atoms with E-state index in [0.29, 0.717) is 5.41 Å². The molecule has 17 heavy (non-hydrogen) atoms. The first-order valence-corrected chi connectivity index (χ1v) is 6.59. The van der Waals surface area contributed by atoms with Gasteiger partial charge in [-0.3, -0.25) is 0 Å². The van der Waals surface area contributed by atoms with Crippen molar-refractivity contribution in [1.82, 2.24) is 0 Å². The van der Waals surface area contributed by atoms with Gasteiger partial charge in [0, 0.05) is 24.5 Å². The lowest BCUT2D eigenvalue weighted by Gasteiger charge is -2.23. The largest absolute Gasteiger partial charge is 0.399 e. The molecule has 0 amide bonds. The molecule has 2 nitrogen and oxygen atoms in total. The Morgan fingerprint density at radius 3 is 2.76 bits per heavy atom. The minimum Gasteiger partial charge on any atom is -0.399 e. The molecule has 2 N–H and O–H groups in total. The molecule has 0 unspecified atom stereocenters. The number of benzene rings is 1. The standard InChI is InChI=1S/C15H24N2/c1-15(2,3)8-4-9-17-10-7-12-11-13(16)5-6-14(12)17/h5-6,11H,4,7-10,16H2,1-3H3. The molecule has 94 valence electrons. The molecule has 1 heterocycles. The summed E-state index contributed by atoms with van der Waals surface area (Å²) in [6, 6.07) is 6.31. The maximum Gasteiger partial charge on any atom is 0.0401 e. The Labute approximate surface area is 105 Å². The zero-order chi connectivity index (χ0) is 12.5. The average Bonchev–Trinajstić information content (AvgIpc) is 2.59. The van der Waals surface area contributed by atoms with E-state index in [4.69, 9.17) is 5.73 Å². The third-order valence-corrected chi connectivity index (χ3v) is 3.45. The predicted octanol–water partition coefficient (Wildman–Crippen LogP) is 3.46. The highest BCUT2D eigenvalue weighted by molar-refractivity contribution is 5.62. The van der Waals surface area contributed by atoms with Gasteiger partial charge in [0.1, 0.15) is 0 Å². The molecule has 0 spiro atoms. The quantitative estimate of drug-likeness (QED) is 0.809. The van der Waals surface area contributed by atoms with Crippen molar-refractivity contribution in [2.45, 2.75) is 40.0 Å². The molecule has 1 aliphatic rings. The summed E-state index contributed by atoms with van der Waals surface area (Å²) >= 11 is 0. The first-order valence-electron chi connectivity index (χ1n) is 6.59. The first kappa shape index (κ1) is 12.3. The number of nitrogens with two attached hydrogens (primary N) is 1. The molecule has 2 heteroatoms. The first-order chi connectivity index (χ1) is 7.96. The molecule has 0 atom stereocenters. The number of rotatable bonds is 3. The average molecular weight is 232 g/mol. The van der Waals surface area contributed by atoms with Crippen LogP contribution in [0, 0.1) is 5.41 Å². The smallest absolute Gasteiger partial charge is 0.0401 e. The molecular weight excluding hydrogens is 208 g/mol. The summed E-state index contributed by atoms with van der Waals surface area (Å²) in [5.41, 5.74) is 9.97. The van der Waals surface area contributed by atoms with E-state index in [-0.39, 0.29) is 0 Å². The Hall–Kier alpha value is -1.18. The zero-order valence-corrected chi connectivity index (χ0v) is 11.3. The summed E-state index contributed by atoms with van der Waals surface area (Å²) < 4.78 is 0. The molecule has 1 aromatic rings. The maximum absolute atomic E-state index is 5.81. The topological polar surface area (TPSA) is 29.3 Å². The number of fused-ring (bicyclic) bond motifs is 1. The maximum atomic E-state index is 5.81. The van der Waals surface area contributed by atoms with Crippen molar-refractivity contribution in [3.63, 3.8) is 0 Å². The fraction of sp³-hybridized carbons (Fsp3) is 0.600. The molecule has 1 aromatic carbocycles. The SMILES string of the molecule is CC(C)(C)CCCN1CCc2cc(N)ccc21. The fourth-order valence-electron chi connectivity index (χ4n) is 2.52. The van der Waals surface area contributed by atoms with Crippen LogP contribution in [0.3, 0.4) is 0 Å². The van der Waals surface area contributed by atoms with Crippen molar-refractivity contribution >= 4 is 11.4 Å². The summed E-state index contributed by atoms with van der Waals surface area (Å²) in [4.78, 5) is 2.50. The van der Waals surface area contributed by atoms with E-state index in [9.17, 15) is 0 Å². The molecular formula is C15H24N2. The lowest BCUT2D eigenvalue weighted by atomic mass is 9.90. The van der Waals surface area contributed by atoms with Crippen LogP contribution >= 0.6 is 0 Å². The highest BCUT2D eigenvalue weighted by Gasteiger charge is 2.19. The Morgan fingerprint density at radius 1 is 1.29 bits per heavy atom. The summed E-state index contributed by atoms with van der Waals surface area (Å²) in [7, 11) is 0. The Balaban J connectivity index is 1.94. The van der Waals surface area contributed by atoms with Gasteiger partial charge in [0.05, 0.1) is 0 Å². The van der Waals surface area contributed by atoms with Crippen LogP contribution in [-0.4, -0.2) is 13.1 Å². The van der Waals surface area contributed by atoms with Crippen LogP contribution in [0.2, 0.25) is 0 Å². The number of hydrogen-bond donors (Lipinski definition) is 1. The normalized spacial score (nSPS) is 15.1. The number of anilines is 2. The summed E-state index contributed by atoms with van der Waals surface area (Å²) in [5.74, 6) is 0. The van der Waals surface area contributed by atoms with Gasteiger partial charge in [-0.25, -0.2) is 0 Å². The lowest BCUT2D eigenvalue weighted by Crippen LogP contribution is -2.22. The summed E-state index contributed by atoms with van der Waals surface area (Å²) in [5, 5.41) is 0. The van der Waals surface area contributed by atoms with Gasteiger partial charge in [0.2, 0.25) is 0 Å². The monoisotopic (exact) mass is 232 g/mol. The van der Waals surface area contributed by atoms with E-state index in [1.807, 2.05) is 6.07 Å². The van der Waals surface area contributed by atoms with E-state index in [2.05, 4.69) is 37.8 Å². The van der Waals surface area contributed by atoms with Crippen LogP contribution in [0.25, 0.3) is 0 Å². The van der Waals surface area contributed by atoms with Crippen molar-refractivity contribution in [3.05, 3.63) is 23.8 Å².